The van der Waals surface area contributed by atoms with Gasteiger partial charge in [-0.1, -0.05) is 18.2 Å². The van der Waals surface area contributed by atoms with Crippen LogP contribution >= 0.6 is 11.8 Å². The number of ether oxygens (including phenoxy) is 2. The zero-order chi connectivity index (χ0) is 14.4. The Labute approximate surface area is 123 Å². The summed E-state index contributed by atoms with van der Waals surface area (Å²) >= 11 is 1.65. The molecule has 0 radical (unpaired) electrons. The molecule has 0 aromatic heterocycles. The van der Waals surface area contributed by atoms with Crippen LogP contribution in [0, 0.1) is 0 Å². The minimum absolute atomic E-state index is 0.0213. The van der Waals surface area contributed by atoms with Crippen LogP contribution in [0.4, 0.5) is 0 Å². The van der Waals surface area contributed by atoms with E-state index in [0.717, 1.165) is 27.5 Å². The molecule has 0 aliphatic rings. The van der Waals surface area contributed by atoms with Crippen molar-refractivity contribution in [3.63, 3.8) is 0 Å². The Morgan fingerprint density at radius 2 is 1.95 bits per heavy atom. The van der Waals surface area contributed by atoms with Crippen LogP contribution in [0.3, 0.4) is 0 Å². The highest BCUT2D eigenvalue weighted by molar-refractivity contribution is 7.98. The summed E-state index contributed by atoms with van der Waals surface area (Å²) in [4.78, 5) is 1.11. The molecule has 20 heavy (non-hydrogen) atoms. The van der Waals surface area contributed by atoms with Gasteiger partial charge in [0.1, 0.15) is 18.1 Å². The summed E-state index contributed by atoms with van der Waals surface area (Å²) in [6.07, 6.45) is 2.02. The molecule has 0 unspecified atom stereocenters. The average Bonchev–Trinajstić information content (AvgIpc) is 2.52. The first-order valence-corrected chi connectivity index (χ1v) is 7.53. The number of hydrogen-bond donors (Lipinski definition) is 1. The Morgan fingerprint density at radius 1 is 1.10 bits per heavy atom. The van der Waals surface area contributed by atoms with Crippen LogP contribution in [-0.2, 0) is 13.2 Å². The number of thioether (sulfide) groups is 1. The van der Waals surface area contributed by atoms with Crippen LogP contribution in [0.25, 0.3) is 0 Å². The van der Waals surface area contributed by atoms with Gasteiger partial charge in [-0.3, -0.25) is 0 Å². The second-order valence-corrected chi connectivity index (χ2v) is 5.13. The van der Waals surface area contributed by atoms with E-state index >= 15 is 0 Å². The van der Waals surface area contributed by atoms with E-state index in [1.165, 1.54) is 0 Å². The van der Waals surface area contributed by atoms with Crippen LogP contribution in [0.1, 0.15) is 11.1 Å². The lowest BCUT2D eigenvalue weighted by Gasteiger charge is -2.10. The van der Waals surface area contributed by atoms with Gasteiger partial charge in [0.2, 0.25) is 0 Å². The molecule has 0 spiro atoms. The highest BCUT2D eigenvalue weighted by Gasteiger charge is 2.04. The lowest BCUT2D eigenvalue weighted by Crippen LogP contribution is -1.97. The highest BCUT2D eigenvalue weighted by atomic mass is 32.2. The van der Waals surface area contributed by atoms with Gasteiger partial charge in [-0.2, -0.15) is 0 Å². The third kappa shape index (κ3) is 3.68. The summed E-state index contributed by atoms with van der Waals surface area (Å²) in [5.74, 6) is 1.62. The van der Waals surface area contributed by atoms with Crippen molar-refractivity contribution in [2.45, 2.75) is 18.1 Å². The Hall–Kier alpha value is -1.65. The lowest BCUT2D eigenvalue weighted by molar-refractivity contribution is 0.278. The second kappa shape index (κ2) is 7.22. The molecule has 2 rings (SSSR count). The van der Waals surface area contributed by atoms with E-state index in [9.17, 15) is 0 Å². The molecule has 0 amide bonds. The maximum atomic E-state index is 9.10. The molecule has 0 saturated heterocycles. The van der Waals surface area contributed by atoms with E-state index in [2.05, 4.69) is 0 Å². The number of aliphatic hydroxyl groups excluding tert-OH is 1. The fourth-order valence-corrected chi connectivity index (χ4v) is 2.42. The number of rotatable bonds is 6. The highest BCUT2D eigenvalue weighted by Crippen LogP contribution is 2.28. The van der Waals surface area contributed by atoms with Gasteiger partial charge < -0.3 is 14.6 Å². The molecule has 106 valence electrons. The van der Waals surface area contributed by atoms with Gasteiger partial charge in [0, 0.05) is 4.90 Å². The number of benzene rings is 2. The predicted octanol–water partition coefficient (Wildman–Crippen LogP) is 3.49. The molecule has 0 saturated carbocycles. The molecule has 0 bridgehead atoms. The Kier molecular flexibility index (Phi) is 5.32. The minimum atomic E-state index is 0.0213. The predicted molar refractivity (Wildman–Crippen MR) is 81.5 cm³/mol. The molecule has 0 heterocycles. The quantitative estimate of drug-likeness (QED) is 0.827. The molecule has 1 N–H and O–H groups in total. The fraction of sp³-hybridized carbons (Fsp3) is 0.250. The molecule has 2 aromatic carbocycles. The van der Waals surface area contributed by atoms with E-state index in [4.69, 9.17) is 14.6 Å². The summed E-state index contributed by atoms with van der Waals surface area (Å²) < 4.78 is 11.1. The monoisotopic (exact) mass is 290 g/mol. The normalized spacial score (nSPS) is 10.3. The molecule has 0 atom stereocenters. The smallest absolute Gasteiger partial charge is 0.132 e. The van der Waals surface area contributed by atoms with Crippen molar-refractivity contribution >= 4 is 11.8 Å². The average molecular weight is 290 g/mol. The topological polar surface area (TPSA) is 38.7 Å². The molecule has 0 fully saturated rings. The van der Waals surface area contributed by atoms with Crippen molar-refractivity contribution in [1.82, 2.24) is 0 Å². The summed E-state index contributed by atoms with van der Waals surface area (Å²) in [6, 6.07) is 13.5. The molecular formula is C16H18O3S. The van der Waals surface area contributed by atoms with E-state index < -0.39 is 0 Å². The molecular weight excluding hydrogens is 272 g/mol. The third-order valence-corrected chi connectivity index (χ3v) is 3.71. The maximum absolute atomic E-state index is 9.10. The van der Waals surface area contributed by atoms with Gasteiger partial charge >= 0.3 is 0 Å². The van der Waals surface area contributed by atoms with Crippen molar-refractivity contribution in [1.29, 1.82) is 0 Å². The van der Waals surface area contributed by atoms with Crippen molar-refractivity contribution < 1.29 is 14.6 Å². The number of methoxy groups -OCH3 is 1. The van der Waals surface area contributed by atoms with Crippen LogP contribution in [-0.4, -0.2) is 18.5 Å². The van der Waals surface area contributed by atoms with Crippen molar-refractivity contribution in [3.8, 4) is 11.5 Å². The van der Waals surface area contributed by atoms with E-state index in [0.29, 0.717) is 6.61 Å². The summed E-state index contributed by atoms with van der Waals surface area (Å²) in [5, 5.41) is 9.10. The zero-order valence-electron chi connectivity index (χ0n) is 11.6. The largest absolute Gasteiger partial charge is 0.496 e. The first kappa shape index (κ1) is 14.8. The third-order valence-electron chi connectivity index (χ3n) is 2.93. The number of hydrogen-bond acceptors (Lipinski definition) is 4. The number of aliphatic hydroxyl groups is 1. The van der Waals surface area contributed by atoms with Crippen LogP contribution in [0.15, 0.2) is 47.4 Å². The first-order valence-electron chi connectivity index (χ1n) is 6.30. The molecule has 0 aliphatic carbocycles. The van der Waals surface area contributed by atoms with Crippen molar-refractivity contribution in [2.75, 3.05) is 13.4 Å². The molecule has 4 heteroatoms. The lowest BCUT2D eigenvalue weighted by atomic mass is 10.2. The van der Waals surface area contributed by atoms with Crippen molar-refractivity contribution in [3.05, 3.63) is 53.6 Å². The Morgan fingerprint density at radius 3 is 2.65 bits per heavy atom. The Balaban J connectivity index is 2.06. The van der Waals surface area contributed by atoms with E-state index in [1.807, 2.05) is 48.7 Å². The van der Waals surface area contributed by atoms with E-state index in [-0.39, 0.29) is 6.61 Å². The second-order valence-electron chi connectivity index (χ2n) is 4.28. The van der Waals surface area contributed by atoms with Crippen LogP contribution in [0.2, 0.25) is 0 Å². The van der Waals surface area contributed by atoms with Gasteiger partial charge in [-0.15, -0.1) is 11.8 Å². The van der Waals surface area contributed by atoms with Gasteiger partial charge in [-0.05, 0) is 41.6 Å². The summed E-state index contributed by atoms with van der Waals surface area (Å²) in [6.45, 7) is 0.493. The molecule has 2 aromatic rings. The SMILES string of the molecule is COc1cc(COc2cccc(CO)c2)ccc1SC. The van der Waals surface area contributed by atoms with Gasteiger partial charge in [0.05, 0.1) is 13.7 Å². The van der Waals surface area contributed by atoms with Crippen LogP contribution in [0.5, 0.6) is 11.5 Å². The summed E-state index contributed by atoms with van der Waals surface area (Å²) in [7, 11) is 1.67. The van der Waals surface area contributed by atoms with Gasteiger partial charge in [0.25, 0.3) is 0 Å². The maximum Gasteiger partial charge on any atom is 0.132 e. The minimum Gasteiger partial charge on any atom is -0.496 e. The van der Waals surface area contributed by atoms with Crippen molar-refractivity contribution in [2.24, 2.45) is 0 Å². The first-order chi connectivity index (χ1) is 9.76. The molecule has 3 nitrogen and oxygen atoms in total. The molecule has 0 aliphatic heterocycles. The van der Waals surface area contributed by atoms with E-state index in [1.54, 1.807) is 18.9 Å². The fourth-order valence-electron chi connectivity index (χ4n) is 1.87. The standard InChI is InChI=1S/C16H18O3S/c1-18-15-9-13(6-7-16(15)20-2)11-19-14-5-3-4-12(8-14)10-17/h3-9,17H,10-11H2,1-2H3. The van der Waals surface area contributed by atoms with Gasteiger partial charge in [0.15, 0.2) is 0 Å². The zero-order valence-corrected chi connectivity index (χ0v) is 12.4. The van der Waals surface area contributed by atoms with Crippen LogP contribution < -0.4 is 9.47 Å². The van der Waals surface area contributed by atoms with Gasteiger partial charge in [-0.25, -0.2) is 0 Å². The summed E-state index contributed by atoms with van der Waals surface area (Å²) in [5.41, 5.74) is 1.90. The Bertz CT molecular complexity index is 569.